The Morgan fingerprint density at radius 2 is 1.95 bits per heavy atom. The third-order valence-corrected chi connectivity index (χ3v) is 5.61. The number of pyridine rings is 1. The van der Waals surface area contributed by atoms with E-state index in [9.17, 15) is 8.42 Å². The summed E-state index contributed by atoms with van der Waals surface area (Å²) >= 11 is 0. The van der Waals surface area contributed by atoms with Gasteiger partial charge in [0.05, 0.1) is 18.8 Å². The number of ether oxygens (including phenoxy) is 1. The first-order chi connectivity index (χ1) is 10.6. The van der Waals surface area contributed by atoms with Gasteiger partial charge in [-0.1, -0.05) is 30.3 Å². The minimum absolute atomic E-state index is 0.133. The monoisotopic (exact) mass is 318 g/mol. The van der Waals surface area contributed by atoms with Crippen LogP contribution in [0.2, 0.25) is 0 Å². The van der Waals surface area contributed by atoms with Gasteiger partial charge in [0.1, 0.15) is 4.90 Å². The van der Waals surface area contributed by atoms with Crippen LogP contribution in [0.25, 0.3) is 0 Å². The lowest BCUT2D eigenvalue weighted by Crippen LogP contribution is -2.46. The molecule has 2 heterocycles. The van der Waals surface area contributed by atoms with E-state index in [0.29, 0.717) is 13.2 Å². The molecular weight excluding hydrogens is 300 g/mol. The van der Waals surface area contributed by atoms with Crippen LogP contribution >= 0.6 is 0 Å². The molecule has 1 fully saturated rings. The van der Waals surface area contributed by atoms with Gasteiger partial charge in [-0.05, 0) is 24.6 Å². The summed E-state index contributed by atoms with van der Waals surface area (Å²) in [6.07, 6.45) is 2.82. The second-order valence-corrected chi connectivity index (χ2v) is 7.22. The van der Waals surface area contributed by atoms with Crippen LogP contribution in [-0.4, -0.2) is 37.0 Å². The van der Waals surface area contributed by atoms with Gasteiger partial charge in [0, 0.05) is 18.9 Å². The minimum atomic E-state index is -3.60. The fraction of sp³-hybridized carbons (Fsp3) is 0.312. The number of hydrogen-bond acceptors (Lipinski definition) is 4. The Labute approximate surface area is 130 Å². The molecule has 3 rings (SSSR count). The number of aromatic nitrogens is 1. The Kier molecular flexibility index (Phi) is 4.24. The zero-order chi connectivity index (χ0) is 15.6. The van der Waals surface area contributed by atoms with Crippen LogP contribution in [0.5, 0.6) is 0 Å². The summed E-state index contributed by atoms with van der Waals surface area (Å²) < 4.78 is 33.1. The first-order valence-corrected chi connectivity index (χ1v) is 8.61. The van der Waals surface area contributed by atoms with Crippen LogP contribution in [0.15, 0.2) is 59.8 Å². The normalized spacial score (nSPS) is 23.3. The maximum absolute atomic E-state index is 12.9. The highest BCUT2D eigenvalue weighted by Gasteiger charge is 2.37. The first-order valence-electron chi connectivity index (χ1n) is 7.17. The Hall–Kier alpha value is -1.76. The minimum Gasteiger partial charge on any atom is -0.375 e. The van der Waals surface area contributed by atoms with Crippen molar-refractivity contribution in [3.63, 3.8) is 0 Å². The molecule has 1 aliphatic heterocycles. The molecule has 1 aromatic carbocycles. The molecule has 22 heavy (non-hydrogen) atoms. The Bertz CT molecular complexity index is 720. The van der Waals surface area contributed by atoms with E-state index in [1.54, 1.807) is 18.3 Å². The molecule has 0 bridgehead atoms. The lowest BCUT2D eigenvalue weighted by Gasteiger charge is -2.37. The quantitative estimate of drug-likeness (QED) is 0.871. The van der Waals surface area contributed by atoms with Gasteiger partial charge in [-0.15, -0.1) is 0 Å². The van der Waals surface area contributed by atoms with Crippen molar-refractivity contribution >= 4 is 10.0 Å². The third-order valence-electron chi connectivity index (χ3n) is 3.75. The molecule has 0 spiro atoms. The standard InChI is InChI=1S/C16H18N2O3S/c1-13-11-18(22(19,20)15-8-5-9-17-10-15)16(12-21-13)14-6-3-2-4-7-14/h2-10,13,16H,11-12H2,1H3/t13-,16+/m1/s1. The zero-order valence-electron chi connectivity index (χ0n) is 12.3. The average Bonchev–Trinajstić information content (AvgIpc) is 2.56. The van der Waals surface area contributed by atoms with Crippen molar-refractivity contribution in [2.75, 3.05) is 13.2 Å². The SMILES string of the molecule is C[C@@H]1CN(S(=O)(=O)c2cccnc2)[C@H](c2ccccc2)CO1. The number of sulfonamides is 1. The molecule has 2 aromatic rings. The number of rotatable bonds is 3. The summed E-state index contributed by atoms with van der Waals surface area (Å²) in [6, 6.07) is 12.5. The molecule has 6 heteroatoms. The number of morpholine rings is 1. The molecule has 0 saturated carbocycles. The van der Waals surface area contributed by atoms with Gasteiger partial charge in [-0.25, -0.2) is 8.42 Å². The Morgan fingerprint density at radius 1 is 1.18 bits per heavy atom. The van der Waals surface area contributed by atoms with E-state index in [1.165, 1.54) is 10.5 Å². The van der Waals surface area contributed by atoms with E-state index in [2.05, 4.69) is 4.98 Å². The van der Waals surface area contributed by atoms with Crippen LogP contribution < -0.4 is 0 Å². The molecule has 116 valence electrons. The van der Waals surface area contributed by atoms with E-state index < -0.39 is 10.0 Å². The largest absolute Gasteiger partial charge is 0.375 e. The van der Waals surface area contributed by atoms with Crippen LogP contribution in [0.1, 0.15) is 18.5 Å². The molecule has 0 unspecified atom stereocenters. The topological polar surface area (TPSA) is 59.5 Å². The molecule has 0 amide bonds. The fourth-order valence-corrected chi connectivity index (χ4v) is 4.25. The summed E-state index contributed by atoms with van der Waals surface area (Å²) in [5, 5.41) is 0. The highest BCUT2D eigenvalue weighted by molar-refractivity contribution is 7.89. The Balaban J connectivity index is 2.01. The van der Waals surface area contributed by atoms with Crippen LogP contribution in [-0.2, 0) is 14.8 Å². The lowest BCUT2D eigenvalue weighted by atomic mass is 10.1. The Morgan fingerprint density at radius 3 is 2.64 bits per heavy atom. The van der Waals surface area contributed by atoms with E-state index in [0.717, 1.165) is 5.56 Å². The van der Waals surface area contributed by atoms with Gasteiger partial charge in [-0.3, -0.25) is 4.98 Å². The highest BCUT2D eigenvalue weighted by Crippen LogP contribution is 2.31. The van der Waals surface area contributed by atoms with Gasteiger partial charge in [0.2, 0.25) is 10.0 Å². The maximum Gasteiger partial charge on any atom is 0.245 e. The third kappa shape index (κ3) is 2.90. The van der Waals surface area contributed by atoms with Gasteiger partial charge in [0.25, 0.3) is 0 Å². The summed E-state index contributed by atoms with van der Waals surface area (Å²) in [6.45, 7) is 2.56. The second kappa shape index (κ2) is 6.16. The zero-order valence-corrected chi connectivity index (χ0v) is 13.1. The average molecular weight is 318 g/mol. The molecule has 5 nitrogen and oxygen atoms in total. The van der Waals surface area contributed by atoms with E-state index in [4.69, 9.17) is 4.74 Å². The molecule has 1 aromatic heterocycles. The van der Waals surface area contributed by atoms with Crippen molar-refractivity contribution in [2.24, 2.45) is 0 Å². The number of hydrogen-bond donors (Lipinski definition) is 0. The van der Waals surface area contributed by atoms with Crippen LogP contribution in [0.4, 0.5) is 0 Å². The lowest BCUT2D eigenvalue weighted by molar-refractivity contribution is -0.0231. The van der Waals surface area contributed by atoms with Gasteiger partial charge in [-0.2, -0.15) is 4.31 Å². The summed E-state index contributed by atoms with van der Waals surface area (Å²) in [4.78, 5) is 4.14. The molecule has 0 aliphatic carbocycles. The fourth-order valence-electron chi connectivity index (χ4n) is 2.61. The van der Waals surface area contributed by atoms with Crippen molar-refractivity contribution in [3.8, 4) is 0 Å². The van der Waals surface area contributed by atoms with E-state index in [-0.39, 0.29) is 17.0 Å². The molecule has 1 saturated heterocycles. The highest BCUT2D eigenvalue weighted by atomic mass is 32.2. The predicted octanol–water partition coefficient (Wildman–Crippen LogP) is 2.23. The smallest absolute Gasteiger partial charge is 0.245 e. The summed E-state index contributed by atoms with van der Waals surface area (Å²) in [7, 11) is -3.60. The van der Waals surface area contributed by atoms with Gasteiger partial charge < -0.3 is 4.74 Å². The first kappa shape index (κ1) is 15.1. The second-order valence-electron chi connectivity index (χ2n) is 5.33. The summed E-state index contributed by atoms with van der Waals surface area (Å²) in [5.74, 6) is 0. The summed E-state index contributed by atoms with van der Waals surface area (Å²) in [5.41, 5.74) is 0.932. The van der Waals surface area contributed by atoms with Crippen molar-refractivity contribution < 1.29 is 13.2 Å². The maximum atomic E-state index is 12.9. The molecule has 0 radical (unpaired) electrons. The van der Waals surface area contributed by atoms with Crippen molar-refractivity contribution in [1.29, 1.82) is 0 Å². The van der Waals surface area contributed by atoms with Gasteiger partial charge in [0.15, 0.2) is 0 Å². The van der Waals surface area contributed by atoms with Crippen LogP contribution in [0, 0.1) is 0 Å². The van der Waals surface area contributed by atoms with Crippen LogP contribution in [0.3, 0.4) is 0 Å². The number of nitrogens with zero attached hydrogens (tertiary/aromatic N) is 2. The van der Waals surface area contributed by atoms with Crippen molar-refractivity contribution in [1.82, 2.24) is 9.29 Å². The number of benzene rings is 1. The predicted molar refractivity (Wildman–Crippen MR) is 82.7 cm³/mol. The van der Waals surface area contributed by atoms with E-state index >= 15 is 0 Å². The van der Waals surface area contributed by atoms with E-state index in [1.807, 2.05) is 37.3 Å². The van der Waals surface area contributed by atoms with Crippen molar-refractivity contribution in [3.05, 3.63) is 60.4 Å². The molecule has 2 atom stereocenters. The van der Waals surface area contributed by atoms with Gasteiger partial charge >= 0.3 is 0 Å². The molecule has 0 N–H and O–H groups in total. The van der Waals surface area contributed by atoms with Crippen molar-refractivity contribution in [2.45, 2.75) is 24.0 Å². The molecular formula is C16H18N2O3S. The molecule has 1 aliphatic rings.